The van der Waals surface area contributed by atoms with Crippen LogP contribution in [0, 0.1) is 5.41 Å². The molecule has 0 bridgehead atoms. The maximum absolute atomic E-state index is 12.2. The molecule has 0 atom stereocenters. The number of rotatable bonds is 5. The van der Waals surface area contributed by atoms with Crippen molar-refractivity contribution in [2.24, 2.45) is 5.41 Å². The topological polar surface area (TPSA) is 86.6 Å². The van der Waals surface area contributed by atoms with E-state index in [2.05, 4.69) is 5.32 Å². The van der Waals surface area contributed by atoms with Crippen molar-refractivity contribution in [2.45, 2.75) is 44.9 Å². The van der Waals surface area contributed by atoms with Crippen LogP contribution in [0.2, 0.25) is 0 Å². The van der Waals surface area contributed by atoms with Gasteiger partial charge in [-0.05, 0) is 42.5 Å². The van der Waals surface area contributed by atoms with Gasteiger partial charge in [0.05, 0.1) is 6.42 Å². The van der Waals surface area contributed by atoms with Gasteiger partial charge in [-0.2, -0.15) is 0 Å². The second-order valence-corrected chi connectivity index (χ2v) is 5.90. The highest BCUT2D eigenvalue weighted by atomic mass is 16.4. The van der Waals surface area contributed by atoms with Crippen LogP contribution in [0.1, 0.15) is 44.9 Å². The van der Waals surface area contributed by atoms with E-state index in [9.17, 15) is 14.7 Å². The number of carbonyl (C=O) groups is 2. The molecular weight excluding hydrogens is 270 g/mol. The zero-order valence-corrected chi connectivity index (χ0v) is 12.0. The summed E-state index contributed by atoms with van der Waals surface area (Å²) in [6, 6.07) is 6.25. The summed E-state index contributed by atoms with van der Waals surface area (Å²) >= 11 is 0. The zero-order chi connectivity index (χ0) is 15.3. The van der Waals surface area contributed by atoms with Gasteiger partial charge in [0, 0.05) is 12.1 Å². The van der Waals surface area contributed by atoms with E-state index in [0.29, 0.717) is 5.69 Å². The number of aromatic hydroxyl groups is 1. The number of aliphatic carboxylic acids is 1. The number of carboxylic acids is 1. The average Bonchev–Trinajstić information content (AvgIpc) is 2.41. The van der Waals surface area contributed by atoms with Crippen LogP contribution in [0.3, 0.4) is 0 Å². The molecule has 1 aliphatic carbocycles. The molecule has 1 aliphatic rings. The highest BCUT2D eigenvalue weighted by molar-refractivity contribution is 5.91. The SMILES string of the molecule is O=C(O)CC1(CC(=O)Nc2ccc(O)cc2)CCCCC1. The van der Waals surface area contributed by atoms with Crippen LogP contribution in [0.15, 0.2) is 24.3 Å². The van der Waals surface area contributed by atoms with Crippen molar-refractivity contribution in [3.8, 4) is 5.75 Å². The third kappa shape index (κ3) is 4.48. The first-order chi connectivity index (χ1) is 9.99. The number of benzene rings is 1. The maximum atomic E-state index is 12.2. The molecule has 1 fully saturated rings. The Morgan fingerprint density at radius 1 is 1.05 bits per heavy atom. The van der Waals surface area contributed by atoms with Gasteiger partial charge in [0.1, 0.15) is 5.75 Å². The zero-order valence-electron chi connectivity index (χ0n) is 12.0. The van der Waals surface area contributed by atoms with E-state index in [1.165, 1.54) is 12.1 Å². The molecule has 0 unspecified atom stereocenters. The van der Waals surface area contributed by atoms with Crippen molar-refractivity contribution in [1.29, 1.82) is 0 Å². The molecule has 1 aromatic carbocycles. The quantitative estimate of drug-likeness (QED) is 0.727. The van der Waals surface area contributed by atoms with Crippen molar-refractivity contribution in [3.63, 3.8) is 0 Å². The van der Waals surface area contributed by atoms with E-state index < -0.39 is 11.4 Å². The second kappa shape index (κ2) is 6.61. The molecule has 0 aromatic heterocycles. The summed E-state index contributed by atoms with van der Waals surface area (Å²) in [6.45, 7) is 0. The molecule has 5 heteroatoms. The van der Waals surface area contributed by atoms with Crippen molar-refractivity contribution >= 4 is 17.6 Å². The molecule has 0 heterocycles. The molecule has 0 spiro atoms. The first-order valence-electron chi connectivity index (χ1n) is 7.30. The third-order valence-corrected chi connectivity index (χ3v) is 4.13. The number of carboxylic acid groups (broad SMARTS) is 1. The predicted octanol–water partition coefficient (Wildman–Crippen LogP) is 3.15. The molecule has 1 saturated carbocycles. The summed E-state index contributed by atoms with van der Waals surface area (Å²) in [7, 11) is 0. The lowest BCUT2D eigenvalue weighted by Crippen LogP contribution is -2.32. The van der Waals surface area contributed by atoms with E-state index in [0.717, 1.165) is 32.1 Å². The van der Waals surface area contributed by atoms with Gasteiger partial charge in [-0.3, -0.25) is 9.59 Å². The lowest BCUT2D eigenvalue weighted by atomic mass is 9.69. The van der Waals surface area contributed by atoms with Gasteiger partial charge >= 0.3 is 5.97 Å². The van der Waals surface area contributed by atoms with Gasteiger partial charge in [-0.15, -0.1) is 0 Å². The van der Waals surface area contributed by atoms with Crippen LogP contribution < -0.4 is 5.32 Å². The summed E-state index contributed by atoms with van der Waals surface area (Å²) < 4.78 is 0. The average molecular weight is 291 g/mol. The number of amides is 1. The first-order valence-corrected chi connectivity index (χ1v) is 7.30. The normalized spacial score (nSPS) is 17.1. The lowest BCUT2D eigenvalue weighted by molar-refractivity contribution is -0.140. The van der Waals surface area contributed by atoms with Crippen molar-refractivity contribution in [3.05, 3.63) is 24.3 Å². The first kappa shape index (κ1) is 15.4. The highest BCUT2D eigenvalue weighted by Crippen LogP contribution is 2.42. The van der Waals surface area contributed by atoms with Gasteiger partial charge in [-0.25, -0.2) is 0 Å². The fraction of sp³-hybridized carbons (Fsp3) is 0.500. The van der Waals surface area contributed by atoms with Gasteiger partial charge in [0.15, 0.2) is 0 Å². The number of phenols is 1. The molecule has 0 aliphatic heterocycles. The summed E-state index contributed by atoms with van der Waals surface area (Å²) in [5, 5.41) is 21.1. The van der Waals surface area contributed by atoms with Gasteiger partial charge in [0.2, 0.25) is 5.91 Å². The fourth-order valence-corrected chi connectivity index (χ4v) is 3.13. The molecular formula is C16H21NO4. The van der Waals surface area contributed by atoms with E-state index >= 15 is 0 Å². The molecule has 1 amide bonds. The number of carbonyl (C=O) groups excluding carboxylic acids is 1. The predicted molar refractivity (Wildman–Crippen MR) is 79.1 cm³/mol. The standard InChI is InChI=1S/C16H21NO4/c18-13-6-4-12(5-7-13)17-14(19)10-16(11-15(20)21)8-2-1-3-9-16/h4-7,18H,1-3,8-11H2,(H,17,19)(H,20,21). The summed E-state index contributed by atoms with van der Waals surface area (Å²) in [6.07, 6.45) is 4.96. The largest absolute Gasteiger partial charge is 0.508 e. The molecule has 0 saturated heterocycles. The van der Waals surface area contributed by atoms with Crippen LogP contribution >= 0.6 is 0 Å². The Balaban J connectivity index is 2.00. The molecule has 21 heavy (non-hydrogen) atoms. The maximum Gasteiger partial charge on any atom is 0.303 e. The summed E-state index contributed by atoms with van der Waals surface area (Å²) in [4.78, 5) is 23.3. The van der Waals surface area contributed by atoms with Crippen molar-refractivity contribution < 1.29 is 19.8 Å². The van der Waals surface area contributed by atoms with Crippen LogP contribution in [-0.4, -0.2) is 22.1 Å². The third-order valence-electron chi connectivity index (χ3n) is 4.13. The molecule has 3 N–H and O–H groups in total. The van der Waals surface area contributed by atoms with E-state index in [1.54, 1.807) is 12.1 Å². The molecule has 1 aromatic rings. The Morgan fingerprint density at radius 2 is 1.67 bits per heavy atom. The van der Waals surface area contributed by atoms with E-state index in [4.69, 9.17) is 5.11 Å². The molecule has 2 rings (SSSR count). The lowest BCUT2D eigenvalue weighted by Gasteiger charge is -2.35. The Morgan fingerprint density at radius 3 is 2.24 bits per heavy atom. The Bertz CT molecular complexity index is 504. The van der Waals surface area contributed by atoms with Crippen LogP contribution in [-0.2, 0) is 9.59 Å². The molecule has 5 nitrogen and oxygen atoms in total. The molecule has 0 radical (unpaired) electrons. The number of phenolic OH excluding ortho intramolecular Hbond substituents is 1. The smallest absolute Gasteiger partial charge is 0.303 e. The Hall–Kier alpha value is -2.04. The monoisotopic (exact) mass is 291 g/mol. The van der Waals surface area contributed by atoms with Crippen molar-refractivity contribution in [1.82, 2.24) is 0 Å². The number of hydrogen-bond acceptors (Lipinski definition) is 3. The number of anilines is 1. The molecule has 114 valence electrons. The van der Waals surface area contributed by atoms with Gasteiger partial charge in [0.25, 0.3) is 0 Å². The van der Waals surface area contributed by atoms with Crippen LogP contribution in [0.4, 0.5) is 5.69 Å². The second-order valence-electron chi connectivity index (χ2n) is 5.90. The van der Waals surface area contributed by atoms with Crippen molar-refractivity contribution in [2.75, 3.05) is 5.32 Å². The Labute approximate surface area is 124 Å². The Kier molecular flexibility index (Phi) is 4.83. The van der Waals surface area contributed by atoms with Crippen LogP contribution in [0.25, 0.3) is 0 Å². The number of nitrogens with one attached hydrogen (secondary N) is 1. The van der Waals surface area contributed by atoms with E-state index in [1.807, 2.05) is 0 Å². The van der Waals surface area contributed by atoms with Gasteiger partial charge < -0.3 is 15.5 Å². The minimum absolute atomic E-state index is 0.0516. The van der Waals surface area contributed by atoms with Gasteiger partial charge in [-0.1, -0.05) is 19.3 Å². The number of hydrogen-bond donors (Lipinski definition) is 3. The summed E-state index contributed by atoms with van der Waals surface area (Å²) in [5.74, 6) is -0.860. The minimum atomic E-state index is -0.839. The van der Waals surface area contributed by atoms with Crippen LogP contribution in [0.5, 0.6) is 5.75 Å². The summed E-state index contributed by atoms with van der Waals surface area (Å²) in [5.41, 5.74) is 0.199. The fourth-order valence-electron chi connectivity index (χ4n) is 3.13. The minimum Gasteiger partial charge on any atom is -0.508 e. The highest BCUT2D eigenvalue weighted by Gasteiger charge is 2.36. The van der Waals surface area contributed by atoms with E-state index in [-0.39, 0.29) is 24.5 Å².